The van der Waals surface area contributed by atoms with Crippen molar-refractivity contribution >= 4 is 33.9 Å². The molecular formula is C15H18BrNO3. The predicted octanol–water partition coefficient (Wildman–Crippen LogP) is 2.73. The molecule has 0 radical (unpaired) electrons. The third-order valence-corrected chi connectivity index (χ3v) is 3.34. The second-order valence-electron chi connectivity index (χ2n) is 4.53. The summed E-state index contributed by atoms with van der Waals surface area (Å²) in [5.74, 6) is -0.805. The molecule has 1 amide bonds. The zero-order chi connectivity index (χ0) is 15.1. The van der Waals surface area contributed by atoms with Gasteiger partial charge in [-0.3, -0.25) is 9.59 Å². The van der Waals surface area contributed by atoms with Gasteiger partial charge in [-0.05, 0) is 23.8 Å². The summed E-state index contributed by atoms with van der Waals surface area (Å²) in [5.41, 5.74) is 0.941. The molecule has 0 saturated carbocycles. The van der Waals surface area contributed by atoms with Crippen LogP contribution in [-0.4, -0.2) is 37.5 Å². The monoisotopic (exact) mass is 339 g/mol. The van der Waals surface area contributed by atoms with E-state index in [1.54, 1.807) is 20.0 Å². The number of halogens is 1. The maximum Gasteiger partial charge on any atom is 0.310 e. The lowest BCUT2D eigenvalue weighted by atomic mass is 10.1. The quantitative estimate of drug-likeness (QED) is 0.612. The van der Waals surface area contributed by atoms with Gasteiger partial charge >= 0.3 is 5.97 Å². The second kappa shape index (κ2) is 7.85. The lowest BCUT2D eigenvalue weighted by Crippen LogP contribution is -2.33. The fourth-order valence-corrected chi connectivity index (χ4v) is 1.91. The first kappa shape index (κ1) is 16.4. The number of rotatable bonds is 5. The van der Waals surface area contributed by atoms with Crippen molar-refractivity contribution in [2.24, 2.45) is 5.92 Å². The van der Waals surface area contributed by atoms with Gasteiger partial charge in [-0.2, -0.15) is 0 Å². The van der Waals surface area contributed by atoms with Crippen LogP contribution in [-0.2, 0) is 14.3 Å². The van der Waals surface area contributed by atoms with E-state index < -0.39 is 0 Å². The first-order valence-electron chi connectivity index (χ1n) is 6.20. The van der Waals surface area contributed by atoms with Crippen LogP contribution in [0.5, 0.6) is 0 Å². The van der Waals surface area contributed by atoms with Crippen LogP contribution in [0.1, 0.15) is 12.5 Å². The average molecular weight is 340 g/mol. The standard InChI is InChI=1S/C15H18BrNO3/c1-11(15(19)20-3)10-17(2)14(18)9-6-12-4-7-13(16)8-5-12/h4-9,11H,10H2,1-3H3. The molecule has 4 nitrogen and oxygen atoms in total. The maximum atomic E-state index is 11.9. The van der Waals surface area contributed by atoms with Crippen LogP contribution in [0.25, 0.3) is 6.08 Å². The fraction of sp³-hybridized carbons (Fsp3) is 0.333. The SMILES string of the molecule is COC(=O)C(C)CN(C)C(=O)C=Cc1ccc(Br)cc1. The third kappa shape index (κ3) is 5.17. The minimum Gasteiger partial charge on any atom is -0.469 e. The van der Waals surface area contributed by atoms with Crippen LogP contribution in [0.15, 0.2) is 34.8 Å². The van der Waals surface area contributed by atoms with Gasteiger partial charge in [-0.25, -0.2) is 0 Å². The summed E-state index contributed by atoms with van der Waals surface area (Å²) in [6, 6.07) is 7.64. The number of ether oxygens (including phenoxy) is 1. The molecule has 0 spiro atoms. The molecule has 0 aromatic heterocycles. The van der Waals surface area contributed by atoms with Gasteiger partial charge in [0.1, 0.15) is 0 Å². The molecule has 0 saturated heterocycles. The molecule has 0 bridgehead atoms. The molecule has 0 aliphatic heterocycles. The van der Waals surface area contributed by atoms with Crippen molar-refractivity contribution in [3.8, 4) is 0 Å². The Morgan fingerprint density at radius 2 is 1.95 bits per heavy atom. The zero-order valence-corrected chi connectivity index (χ0v) is 13.4. The highest BCUT2D eigenvalue weighted by Crippen LogP contribution is 2.11. The van der Waals surface area contributed by atoms with E-state index >= 15 is 0 Å². The number of methoxy groups -OCH3 is 1. The van der Waals surface area contributed by atoms with E-state index in [4.69, 9.17) is 0 Å². The first-order chi connectivity index (χ1) is 9.43. The molecule has 0 N–H and O–H groups in total. The summed E-state index contributed by atoms with van der Waals surface area (Å²) in [7, 11) is 3.00. The maximum absolute atomic E-state index is 11.9. The number of nitrogens with zero attached hydrogens (tertiary/aromatic N) is 1. The van der Waals surface area contributed by atoms with Crippen LogP contribution < -0.4 is 0 Å². The van der Waals surface area contributed by atoms with E-state index in [0.29, 0.717) is 6.54 Å². The Morgan fingerprint density at radius 1 is 1.35 bits per heavy atom. The minimum atomic E-state index is -0.338. The predicted molar refractivity (Wildman–Crippen MR) is 82.0 cm³/mol. The molecule has 0 aliphatic carbocycles. The van der Waals surface area contributed by atoms with Gasteiger partial charge in [0.05, 0.1) is 13.0 Å². The van der Waals surface area contributed by atoms with Crippen molar-refractivity contribution < 1.29 is 14.3 Å². The topological polar surface area (TPSA) is 46.6 Å². The van der Waals surface area contributed by atoms with E-state index in [0.717, 1.165) is 10.0 Å². The average Bonchev–Trinajstić information content (AvgIpc) is 2.45. The van der Waals surface area contributed by atoms with E-state index in [1.165, 1.54) is 18.1 Å². The lowest BCUT2D eigenvalue weighted by Gasteiger charge is -2.18. The second-order valence-corrected chi connectivity index (χ2v) is 5.44. The summed E-state index contributed by atoms with van der Waals surface area (Å²) in [6.07, 6.45) is 3.24. The normalized spacial score (nSPS) is 12.2. The number of hydrogen-bond donors (Lipinski definition) is 0. The number of esters is 1. The van der Waals surface area contributed by atoms with Gasteiger partial charge in [0.25, 0.3) is 0 Å². The lowest BCUT2D eigenvalue weighted by molar-refractivity contribution is -0.145. The smallest absolute Gasteiger partial charge is 0.310 e. The van der Waals surface area contributed by atoms with Crippen molar-refractivity contribution in [1.82, 2.24) is 4.90 Å². The Bertz CT molecular complexity index is 496. The molecular weight excluding hydrogens is 322 g/mol. The molecule has 1 aromatic carbocycles. The van der Waals surface area contributed by atoms with Crippen LogP contribution in [0.3, 0.4) is 0 Å². The van der Waals surface area contributed by atoms with Crippen LogP contribution in [0.2, 0.25) is 0 Å². The molecule has 108 valence electrons. The number of benzene rings is 1. The molecule has 0 heterocycles. The van der Waals surface area contributed by atoms with Crippen LogP contribution in [0.4, 0.5) is 0 Å². The van der Waals surface area contributed by atoms with Crippen molar-refractivity contribution in [2.75, 3.05) is 20.7 Å². The van der Waals surface area contributed by atoms with Gasteiger partial charge in [-0.15, -0.1) is 0 Å². The Balaban J connectivity index is 2.57. The largest absolute Gasteiger partial charge is 0.469 e. The molecule has 0 fully saturated rings. The highest BCUT2D eigenvalue weighted by atomic mass is 79.9. The van der Waals surface area contributed by atoms with Gasteiger partial charge in [0.2, 0.25) is 5.91 Å². The molecule has 1 aromatic rings. The number of carbonyl (C=O) groups excluding carboxylic acids is 2. The Morgan fingerprint density at radius 3 is 2.50 bits per heavy atom. The number of carbonyl (C=O) groups is 2. The number of amides is 1. The molecule has 1 atom stereocenters. The van der Waals surface area contributed by atoms with Crippen molar-refractivity contribution in [3.05, 3.63) is 40.4 Å². The fourth-order valence-electron chi connectivity index (χ4n) is 1.65. The van der Waals surface area contributed by atoms with E-state index in [1.807, 2.05) is 24.3 Å². The highest BCUT2D eigenvalue weighted by molar-refractivity contribution is 9.10. The van der Waals surface area contributed by atoms with Crippen LogP contribution >= 0.6 is 15.9 Å². The molecule has 1 unspecified atom stereocenters. The van der Waals surface area contributed by atoms with Gasteiger partial charge in [0.15, 0.2) is 0 Å². The van der Waals surface area contributed by atoms with E-state index in [-0.39, 0.29) is 17.8 Å². The van der Waals surface area contributed by atoms with Gasteiger partial charge < -0.3 is 9.64 Å². The van der Waals surface area contributed by atoms with Crippen LogP contribution in [0, 0.1) is 5.92 Å². The minimum absolute atomic E-state index is 0.149. The van der Waals surface area contributed by atoms with Crippen molar-refractivity contribution in [2.45, 2.75) is 6.92 Å². The summed E-state index contributed by atoms with van der Waals surface area (Å²) in [6.45, 7) is 2.06. The van der Waals surface area contributed by atoms with Gasteiger partial charge in [-0.1, -0.05) is 35.0 Å². The summed E-state index contributed by atoms with van der Waals surface area (Å²) >= 11 is 3.35. The Hall–Kier alpha value is -1.62. The van der Waals surface area contributed by atoms with Crippen molar-refractivity contribution in [1.29, 1.82) is 0 Å². The molecule has 20 heavy (non-hydrogen) atoms. The Kier molecular flexibility index (Phi) is 6.45. The third-order valence-electron chi connectivity index (χ3n) is 2.82. The number of likely N-dealkylation sites (N-methyl/N-ethyl adjacent to an activating group) is 1. The van der Waals surface area contributed by atoms with E-state index in [2.05, 4.69) is 20.7 Å². The van der Waals surface area contributed by atoms with E-state index in [9.17, 15) is 9.59 Å². The summed E-state index contributed by atoms with van der Waals surface area (Å²) in [4.78, 5) is 24.7. The molecule has 1 rings (SSSR count). The first-order valence-corrected chi connectivity index (χ1v) is 7.00. The van der Waals surface area contributed by atoms with Gasteiger partial charge in [0, 0.05) is 24.1 Å². The zero-order valence-electron chi connectivity index (χ0n) is 11.8. The summed E-state index contributed by atoms with van der Waals surface area (Å²) < 4.78 is 5.62. The Labute approximate surface area is 127 Å². The molecule has 0 aliphatic rings. The highest BCUT2D eigenvalue weighted by Gasteiger charge is 2.17. The molecule has 5 heteroatoms. The summed E-state index contributed by atoms with van der Waals surface area (Å²) in [5, 5.41) is 0. The van der Waals surface area contributed by atoms with Crippen molar-refractivity contribution in [3.63, 3.8) is 0 Å². The number of hydrogen-bond acceptors (Lipinski definition) is 3.